The summed E-state index contributed by atoms with van der Waals surface area (Å²) in [6, 6.07) is 2.88. The lowest BCUT2D eigenvalue weighted by Crippen LogP contribution is -2.42. The number of carbonyl (C=O) groups excluding carboxylic acids is 1. The standard InChI is InChI=1S/C19H14ClF6NO4/c1-31-15-3-2-9(4-13(15)20)5-14(17(29)30)27-16(28)10-6-11(18(21,22)23)8-12(7-10)19(24,25)26/h2-4,6-8,14H,5H2,1H3,(H,27,28)(H,29,30)/t14-/m0/s1. The number of carboxylic acid groups (broad SMARTS) is 1. The van der Waals surface area contributed by atoms with Crippen LogP contribution in [-0.4, -0.2) is 30.1 Å². The fourth-order valence-corrected chi connectivity index (χ4v) is 2.88. The number of aliphatic carboxylic acids is 1. The van der Waals surface area contributed by atoms with Gasteiger partial charge < -0.3 is 15.2 Å². The first-order chi connectivity index (χ1) is 14.2. The lowest BCUT2D eigenvalue weighted by atomic mass is 10.0. The van der Waals surface area contributed by atoms with Crippen molar-refractivity contribution in [2.24, 2.45) is 0 Å². The Morgan fingerprint density at radius 1 is 1.03 bits per heavy atom. The summed E-state index contributed by atoms with van der Waals surface area (Å²) >= 11 is 5.94. The Hall–Kier alpha value is -2.95. The van der Waals surface area contributed by atoms with Crippen LogP contribution in [0.15, 0.2) is 36.4 Å². The van der Waals surface area contributed by atoms with Gasteiger partial charge in [-0.3, -0.25) is 4.79 Å². The summed E-state index contributed by atoms with van der Waals surface area (Å²) in [5, 5.41) is 11.4. The number of carbonyl (C=O) groups is 2. The molecule has 168 valence electrons. The molecule has 0 fully saturated rings. The van der Waals surface area contributed by atoms with Crippen molar-refractivity contribution in [3.05, 3.63) is 63.7 Å². The Labute approximate surface area is 176 Å². The number of ether oxygens (including phenoxy) is 1. The first-order valence-corrected chi connectivity index (χ1v) is 8.75. The number of alkyl halides is 6. The molecule has 0 spiro atoms. The first kappa shape index (κ1) is 24.3. The zero-order valence-corrected chi connectivity index (χ0v) is 16.3. The van der Waals surface area contributed by atoms with Gasteiger partial charge >= 0.3 is 18.3 Å². The quantitative estimate of drug-likeness (QED) is 0.595. The van der Waals surface area contributed by atoms with Crippen LogP contribution in [0.3, 0.4) is 0 Å². The Morgan fingerprint density at radius 3 is 2.00 bits per heavy atom. The fourth-order valence-electron chi connectivity index (χ4n) is 2.60. The van der Waals surface area contributed by atoms with Gasteiger partial charge in [-0.15, -0.1) is 0 Å². The van der Waals surface area contributed by atoms with Crippen molar-refractivity contribution in [3.63, 3.8) is 0 Å². The smallest absolute Gasteiger partial charge is 0.416 e. The first-order valence-electron chi connectivity index (χ1n) is 8.38. The van der Waals surface area contributed by atoms with Crippen molar-refractivity contribution in [1.82, 2.24) is 5.32 Å². The Balaban J connectivity index is 2.34. The highest BCUT2D eigenvalue weighted by atomic mass is 35.5. The van der Waals surface area contributed by atoms with E-state index in [-0.39, 0.29) is 29.6 Å². The molecule has 5 nitrogen and oxygen atoms in total. The van der Waals surface area contributed by atoms with E-state index in [1.807, 2.05) is 5.32 Å². The molecule has 0 unspecified atom stereocenters. The molecule has 0 heterocycles. The van der Waals surface area contributed by atoms with Crippen molar-refractivity contribution in [1.29, 1.82) is 0 Å². The van der Waals surface area contributed by atoms with E-state index in [9.17, 15) is 41.0 Å². The molecular weight excluding hydrogens is 456 g/mol. The Bertz CT molecular complexity index is 958. The number of methoxy groups -OCH3 is 1. The third-order valence-electron chi connectivity index (χ3n) is 4.11. The van der Waals surface area contributed by atoms with Crippen LogP contribution < -0.4 is 10.1 Å². The van der Waals surface area contributed by atoms with Gasteiger partial charge in [0.25, 0.3) is 5.91 Å². The van der Waals surface area contributed by atoms with Crippen molar-refractivity contribution in [3.8, 4) is 5.75 Å². The topological polar surface area (TPSA) is 75.6 Å². The molecule has 1 amide bonds. The molecule has 0 aliphatic rings. The maximum Gasteiger partial charge on any atom is 0.416 e. The van der Waals surface area contributed by atoms with Gasteiger partial charge in [-0.25, -0.2) is 4.79 Å². The van der Waals surface area contributed by atoms with Crippen LogP contribution in [0.4, 0.5) is 26.3 Å². The second-order valence-electron chi connectivity index (χ2n) is 6.33. The second-order valence-corrected chi connectivity index (χ2v) is 6.74. The molecule has 0 saturated carbocycles. The molecule has 0 aliphatic heterocycles. The summed E-state index contributed by atoms with van der Waals surface area (Å²) in [5.41, 5.74) is -4.04. The highest BCUT2D eigenvalue weighted by Gasteiger charge is 2.37. The molecule has 0 radical (unpaired) electrons. The summed E-state index contributed by atoms with van der Waals surface area (Å²) in [6.07, 6.45) is -10.6. The van der Waals surface area contributed by atoms with Crippen molar-refractivity contribution >= 4 is 23.5 Å². The largest absolute Gasteiger partial charge is 0.495 e. The van der Waals surface area contributed by atoms with Gasteiger partial charge in [0.2, 0.25) is 0 Å². The number of hydrogen-bond donors (Lipinski definition) is 2. The summed E-state index contributed by atoms with van der Waals surface area (Å²) in [4.78, 5) is 23.8. The number of carboxylic acids is 1. The van der Waals surface area contributed by atoms with Crippen LogP contribution >= 0.6 is 11.6 Å². The lowest BCUT2D eigenvalue weighted by Gasteiger charge is -2.17. The molecule has 1 atom stereocenters. The summed E-state index contributed by atoms with van der Waals surface area (Å²) in [7, 11) is 1.35. The maximum absolute atomic E-state index is 13.0. The van der Waals surface area contributed by atoms with Gasteiger partial charge in [0, 0.05) is 12.0 Å². The minimum atomic E-state index is -5.15. The van der Waals surface area contributed by atoms with Crippen molar-refractivity contribution in [2.75, 3.05) is 7.11 Å². The average molecular weight is 470 g/mol. The molecule has 2 aromatic rings. The van der Waals surface area contributed by atoms with Crippen molar-refractivity contribution < 1.29 is 45.8 Å². The van der Waals surface area contributed by atoms with E-state index in [1.54, 1.807) is 0 Å². The number of benzene rings is 2. The predicted molar refractivity (Wildman–Crippen MR) is 97.0 cm³/mol. The van der Waals surface area contributed by atoms with E-state index in [2.05, 4.69) is 0 Å². The molecule has 2 N–H and O–H groups in total. The molecule has 2 rings (SSSR count). The minimum absolute atomic E-state index is 0.134. The highest BCUT2D eigenvalue weighted by molar-refractivity contribution is 6.32. The Kier molecular flexibility index (Phi) is 7.10. The van der Waals surface area contributed by atoms with E-state index in [4.69, 9.17) is 16.3 Å². The molecule has 0 saturated heterocycles. The van der Waals surface area contributed by atoms with Crippen LogP contribution in [0.25, 0.3) is 0 Å². The Morgan fingerprint density at radius 2 is 1.58 bits per heavy atom. The third-order valence-corrected chi connectivity index (χ3v) is 4.40. The van der Waals surface area contributed by atoms with Crippen LogP contribution in [0.2, 0.25) is 5.02 Å². The van der Waals surface area contributed by atoms with Crippen LogP contribution in [0, 0.1) is 0 Å². The third kappa shape index (κ3) is 6.27. The van der Waals surface area contributed by atoms with Gasteiger partial charge in [0.1, 0.15) is 11.8 Å². The zero-order chi connectivity index (χ0) is 23.6. The average Bonchev–Trinajstić information content (AvgIpc) is 2.65. The van der Waals surface area contributed by atoms with Crippen LogP contribution in [0.1, 0.15) is 27.0 Å². The maximum atomic E-state index is 13.0. The summed E-state index contributed by atoms with van der Waals surface area (Å²) < 4.78 is 82.7. The van der Waals surface area contributed by atoms with E-state index >= 15 is 0 Å². The highest BCUT2D eigenvalue weighted by Crippen LogP contribution is 2.36. The lowest BCUT2D eigenvalue weighted by molar-refractivity contribution is -0.143. The molecular formula is C19H14ClF6NO4. The molecule has 0 aliphatic carbocycles. The molecule has 12 heteroatoms. The van der Waals surface area contributed by atoms with Gasteiger partial charge in [-0.2, -0.15) is 26.3 Å². The number of halogens is 7. The summed E-state index contributed by atoms with van der Waals surface area (Å²) in [5.74, 6) is -2.67. The molecule has 31 heavy (non-hydrogen) atoms. The molecule has 2 aromatic carbocycles. The van der Waals surface area contributed by atoms with Crippen LogP contribution in [-0.2, 0) is 23.6 Å². The number of amides is 1. The van der Waals surface area contributed by atoms with Gasteiger partial charge in [-0.1, -0.05) is 17.7 Å². The van der Waals surface area contributed by atoms with E-state index in [1.165, 1.54) is 25.3 Å². The minimum Gasteiger partial charge on any atom is -0.495 e. The summed E-state index contributed by atoms with van der Waals surface area (Å²) in [6.45, 7) is 0. The molecule has 0 aromatic heterocycles. The van der Waals surface area contributed by atoms with Crippen molar-refractivity contribution in [2.45, 2.75) is 24.8 Å². The predicted octanol–water partition coefficient (Wildman–Crippen LogP) is 4.81. The number of rotatable bonds is 6. The SMILES string of the molecule is COc1ccc(C[C@H](NC(=O)c2cc(C(F)(F)F)cc(C(F)(F)F)c2)C(=O)O)cc1Cl. The van der Waals surface area contributed by atoms with Gasteiger partial charge in [-0.05, 0) is 35.9 Å². The van der Waals surface area contributed by atoms with Gasteiger partial charge in [0.05, 0.1) is 23.3 Å². The van der Waals surface area contributed by atoms with E-state index < -0.39 is 47.0 Å². The van der Waals surface area contributed by atoms with Crippen LogP contribution in [0.5, 0.6) is 5.75 Å². The monoisotopic (exact) mass is 469 g/mol. The second kappa shape index (κ2) is 9.04. The normalized spacial score (nSPS) is 12.9. The fraction of sp³-hybridized carbons (Fsp3) is 0.263. The number of nitrogens with one attached hydrogen (secondary N) is 1. The van der Waals surface area contributed by atoms with Gasteiger partial charge in [0.15, 0.2) is 0 Å². The van der Waals surface area contributed by atoms with E-state index in [0.29, 0.717) is 11.3 Å². The number of hydrogen-bond acceptors (Lipinski definition) is 3. The molecule has 0 bridgehead atoms. The van der Waals surface area contributed by atoms with E-state index in [0.717, 1.165) is 0 Å². The zero-order valence-electron chi connectivity index (χ0n) is 15.6.